The van der Waals surface area contributed by atoms with Crippen molar-refractivity contribution in [2.75, 3.05) is 43.4 Å². The quantitative estimate of drug-likeness (QED) is 0.827. The lowest BCUT2D eigenvalue weighted by atomic mass is 10.0. The van der Waals surface area contributed by atoms with Crippen LogP contribution in [0.1, 0.15) is 26.2 Å². The van der Waals surface area contributed by atoms with Gasteiger partial charge in [-0.1, -0.05) is 6.92 Å². The van der Waals surface area contributed by atoms with Gasteiger partial charge in [-0.2, -0.15) is 23.5 Å². The molecule has 1 unspecified atom stereocenters. The highest BCUT2D eigenvalue weighted by molar-refractivity contribution is 8.06. The molecule has 0 radical (unpaired) electrons. The van der Waals surface area contributed by atoms with E-state index in [0.29, 0.717) is 0 Å². The minimum Gasteiger partial charge on any atom is -0.314 e. The van der Waals surface area contributed by atoms with Crippen LogP contribution in [-0.2, 0) is 0 Å². The lowest BCUT2D eigenvalue weighted by Gasteiger charge is -2.35. The summed E-state index contributed by atoms with van der Waals surface area (Å²) in [5.41, 5.74) is 0. The van der Waals surface area contributed by atoms with E-state index in [0.717, 1.165) is 11.3 Å². The summed E-state index contributed by atoms with van der Waals surface area (Å²) in [6, 6.07) is 0.791. The first kappa shape index (κ1) is 14.0. The summed E-state index contributed by atoms with van der Waals surface area (Å²) in [7, 11) is 0. The summed E-state index contributed by atoms with van der Waals surface area (Å²) < 4.78 is 0. The first-order valence-electron chi connectivity index (χ1n) is 7.03. The molecule has 0 aromatic carbocycles. The first-order chi connectivity index (χ1) is 8.38. The topological polar surface area (TPSA) is 15.3 Å². The van der Waals surface area contributed by atoms with Crippen molar-refractivity contribution < 1.29 is 0 Å². The van der Waals surface area contributed by atoms with Crippen molar-refractivity contribution >= 4 is 23.5 Å². The third-order valence-electron chi connectivity index (χ3n) is 3.62. The molecule has 0 aromatic rings. The van der Waals surface area contributed by atoms with E-state index in [1.54, 1.807) is 0 Å². The minimum absolute atomic E-state index is 0.791. The summed E-state index contributed by atoms with van der Waals surface area (Å²) in [6.45, 7) is 7.39. The van der Waals surface area contributed by atoms with Gasteiger partial charge in [-0.25, -0.2) is 0 Å². The smallest absolute Gasteiger partial charge is 0.0265 e. The second-order valence-electron chi connectivity index (χ2n) is 5.10. The van der Waals surface area contributed by atoms with Crippen molar-refractivity contribution in [2.45, 2.75) is 37.5 Å². The van der Waals surface area contributed by atoms with Crippen LogP contribution >= 0.6 is 23.5 Å². The van der Waals surface area contributed by atoms with E-state index in [9.17, 15) is 0 Å². The van der Waals surface area contributed by atoms with Gasteiger partial charge in [-0.05, 0) is 38.9 Å². The third-order valence-corrected chi connectivity index (χ3v) is 6.44. The van der Waals surface area contributed by atoms with Crippen LogP contribution in [0.2, 0.25) is 0 Å². The van der Waals surface area contributed by atoms with Crippen molar-refractivity contribution in [3.05, 3.63) is 0 Å². The Morgan fingerprint density at radius 2 is 2.06 bits per heavy atom. The zero-order valence-electron chi connectivity index (χ0n) is 11.0. The van der Waals surface area contributed by atoms with Gasteiger partial charge in [0.15, 0.2) is 0 Å². The highest BCUT2D eigenvalue weighted by Gasteiger charge is 2.22. The predicted molar refractivity (Wildman–Crippen MR) is 81.3 cm³/mol. The van der Waals surface area contributed by atoms with Crippen LogP contribution < -0.4 is 5.32 Å². The largest absolute Gasteiger partial charge is 0.314 e. The molecule has 4 heteroatoms. The molecule has 2 rings (SSSR count). The summed E-state index contributed by atoms with van der Waals surface area (Å²) in [5.74, 6) is 4.10. The van der Waals surface area contributed by atoms with Crippen LogP contribution in [0.25, 0.3) is 0 Å². The Labute approximate surface area is 115 Å². The summed E-state index contributed by atoms with van der Waals surface area (Å²) >= 11 is 4.34. The van der Waals surface area contributed by atoms with Crippen molar-refractivity contribution in [3.63, 3.8) is 0 Å². The number of thioether (sulfide) groups is 2. The molecule has 0 aliphatic carbocycles. The SMILES string of the molecule is CCCNC1CCN(CC2CSCCS2)CC1. The Bertz CT molecular complexity index is 200. The molecule has 1 atom stereocenters. The number of rotatable bonds is 5. The molecule has 2 aliphatic heterocycles. The molecule has 0 spiro atoms. The number of nitrogens with zero attached hydrogens (tertiary/aromatic N) is 1. The van der Waals surface area contributed by atoms with Gasteiger partial charge in [-0.15, -0.1) is 0 Å². The van der Waals surface area contributed by atoms with Gasteiger partial charge < -0.3 is 10.2 Å². The second kappa shape index (κ2) is 7.93. The molecular formula is C13H26N2S2. The van der Waals surface area contributed by atoms with Gasteiger partial charge in [0.2, 0.25) is 0 Å². The van der Waals surface area contributed by atoms with E-state index >= 15 is 0 Å². The number of nitrogens with one attached hydrogen (secondary N) is 1. The third kappa shape index (κ3) is 5.01. The molecule has 1 N–H and O–H groups in total. The van der Waals surface area contributed by atoms with E-state index in [4.69, 9.17) is 0 Å². The molecule has 2 heterocycles. The van der Waals surface area contributed by atoms with E-state index < -0.39 is 0 Å². The molecule has 0 aromatic heterocycles. The first-order valence-corrected chi connectivity index (χ1v) is 9.24. The van der Waals surface area contributed by atoms with Crippen LogP contribution in [0, 0.1) is 0 Å². The van der Waals surface area contributed by atoms with E-state index in [2.05, 4.69) is 40.7 Å². The summed E-state index contributed by atoms with van der Waals surface area (Å²) in [4.78, 5) is 2.69. The van der Waals surface area contributed by atoms with Crippen LogP contribution in [0.15, 0.2) is 0 Å². The van der Waals surface area contributed by atoms with Crippen molar-refractivity contribution in [3.8, 4) is 0 Å². The molecule has 2 fully saturated rings. The number of piperidine rings is 1. The Morgan fingerprint density at radius 1 is 1.24 bits per heavy atom. The molecule has 2 saturated heterocycles. The zero-order valence-corrected chi connectivity index (χ0v) is 12.6. The van der Waals surface area contributed by atoms with Gasteiger partial charge in [0.25, 0.3) is 0 Å². The fraction of sp³-hybridized carbons (Fsp3) is 1.00. The standard InChI is InChI=1S/C13H26N2S2/c1-2-5-14-12-3-6-15(7-4-12)10-13-11-16-8-9-17-13/h12-14H,2-11H2,1H3. The maximum absolute atomic E-state index is 3.66. The highest BCUT2D eigenvalue weighted by Crippen LogP contribution is 2.25. The van der Waals surface area contributed by atoms with Crippen molar-refractivity contribution in [2.24, 2.45) is 0 Å². The number of likely N-dealkylation sites (tertiary alicyclic amines) is 1. The van der Waals surface area contributed by atoms with Crippen LogP contribution in [-0.4, -0.2) is 59.6 Å². The van der Waals surface area contributed by atoms with Gasteiger partial charge in [0.05, 0.1) is 0 Å². The molecule has 17 heavy (non-hydrogen) atoms. The minimum atomic E-state index is 0.791. The Balaban J connectivity index is 1.61. The maximum atomic E-state index is 3.66. The van der Waals surface area contributed by atoms with Crippen LogP contribution in [0.5, 0.6) is 0 Å². The Morgan fingerprint density at radius 3 is 2.71 bits per heavy atom. The van der Waals surface area contributed by atoms with Crippen molar-refractivity contribution in [1.29, 1.82) is 0 Å². The fourth-order valence-electron chi connectivity index (χ4n) is 2.60. The average molecular weight is 274 g/mol. The Kier molecular flexibility index (Phi) is 6.54. The van der Waals surface area contributed by atoms with Gasteiger partial charge in [-0.3, -0.25) is 0 Å². The van der Waals surface area contributed by atoms with Crippen LogP contribution in [0.4, 0.5) is 0 Å². The molecular weight excluding hydrogens is 248 g/mol. The lowest BCUT2D eigenvalue weighted by Crippen LogP contribution is -2.45. The molecule has 2 nitrogen and oxygen atoms in total. The highest BCUT2D eigenvalue weighted by atomic mass is 32.2. The fourth-order valence-corrected chi connectivity index (χ4v) is 5.31. The monoisotopic (exact) mass is 274 g/mol. The normalized spacial score (nSPS) is 28.4. The number of hydrogen-bond donors (Lipinski definition) is 1. The number of hydrogen-bond acceptors (Lipinski definition) is 4. The van der Waals surface area contributed by atoms with E-state index in [1.165, 1.54) is 62.7 Å². The summed E-state index contributed by atoms with van der Waals surface area (Å²) in [6.07, 6.45) is 3.96. The van der Waals surface area contributed by atoms with Gasteiger partial charge in [0.1, 0.15) is 0 Å². The second-order valence-corrected chi connectivity index (χ2v) is 7.65. The van der Waals surface area contributed by atoms with Crippen LogP contribution in [0.3, 0.4) is 0 Å². The molecule has 100 valence electrons. The predicted octanol–water partition coefficient (Wildman–Crippen LogP) is 2.30. The maximum Gasteiger partial charge on any atom is 0.0265 e. The molecule has 0 saturated carbocycles. The van der Waals surface area contributed by atoms with Crippen molar-refractivity contribution in [1.82, 2.24) is 10.2 Å². The Hall–Kier alpha value is 0.620. The van der Waals surface area contributed by atoms with Gasteiger partial charge in [0, 0.05) is 35.1 Å². The lowest BCUT2D eigenvalue weighted by molar-refractivity contribution is 0.200. The molecule has 0 amide bonds. The van der Waals surface area contributed by atoms with Gasteiger partial charge >= 0.3 is 0 Å². The summed E-state index contributed by atoms with van der Waals surface area (Å²) in [5, 5.41) is 4.56. The molecule has 2 aliphatic rings. The molecule has 0 bridgehead atoms. The van der Waals surface area contributed by atoms with E-state index in [1.807, 2.05) is 0 Å². The van der Waals surface area contributed by atoms with E-state index in [-0.39, 0.29) is 0 Å². The average Bonchev–Trinajstić information content (AvgIpc) is 2.39. The zero-order chi connectivity index (χ0) is 11.9.